The maximum Gasteiger partial charge on any atom is 0.259 e. The van der Waals surface area contributed by atoms with E-state index >= 15 is 0 Å². The average molecular weight is 289 g/mol. The number of likely N-dealkylation sites (tertiary alicyclic amines) is 1. The second kappa shape index (κ2) is 5.09. The minimum absolute atomic E-state index is 0.126. The van der Waals surface area contributed by atoms with Crippen molar-refractivity contribution in [2.75, 3.05) is 33.7 Å². The molecule has 2 aromatic rings. The standard InChI is InChI=1S/C14H19N5O2/c1-17(2)9-14(21)4-7-18(10-14)13(20)11-8-16-19-6-3-5-15-12(11)19/h3,5-6,8,21H,4,7,9-10H2,1-2H3/t14-/m0/s1. The van der Waals surface area contributed by atoms with Crippen LogP contribution in [0, 0.1) is 0 Å². The second-order valence-electron chi connectivity index (χ2n) is 5.88. The first-order valence-corrected chi connectivity index (χ1v) is 6.93. The van der Waals surface area contributed by atoms with Gasteiger partial charge in [0.2, 0.25) is 0 Å². The number of aliphatic hydroxyl groups is 1. The molecule has 0 bridgehead atoms. The van der Waals surface area contributed by atoms with Gasteiger partial charge in [-0.2, -0.15) is 5.10 Å². The van der Waals surface area contributed by atoms with Crippen molar-refractivity contribution in [2.45, 2.75) is 12.0 Å². The van der Waals surface area contributed by atoms with Crippen LogP contribution in [0.15, 0.2) is 24.7 Å². The van der Waals surface area contributed by atoms with Gasteiger partial charge in [-0.1, -0.05) is 0 Å². The van der Waals surface area contributed by atoms with E-state index in [1.165, 1.54) is 6.20 Å². The molecular weight excluding hydrogens is 270 g/mol. The monoisotopic (exact) mass is 289 g/mol. The number of amides is 1. The van der Waals surface area contributed by atoms with Crippen LogP contribution in [-0.4, -0.2) is 74.7 Å². The van der Waals surface area contributed by atoms with Gasteiger partial charge < -0.3 is 14.9 Å². The lowest BCUT2D eigenvalue weighted by atomic mass is 10.0. The number of fused-ring (bicyclic) bond motifs is 1. The average Bonchev–Trinajstić information content (AvgIpc) is 3.01. The van der Waals surface area contributed by atoms with E-state index in [1.54, 1.807) is 27.9 Å². The van der Waals surface area contributed by atoms with Gasteiger partial charge in [-0.05, 0) is 26.6 Å². The summed E-state index contributed by atoms with van der Waals surface area (Å²) >= 11 is 0. The Kier molecular flexibility index (Phi) is 3.38. The zero-order chi connectivity index (χ0) is 15.0. The van der Waals surface area contributed by atoms with Gasteiger partial charge in [0.1, 0.15) is 5.56 Å². The molecule has 0 aromatic carbocycles. The van der Waals surface area contributed by atoms with Crippen molar-refractivity contribution >= 4 is 11.6 Å². The summed E-state index contributed by atoms with van der Waals surface area (Å²) in [7, 11) is 3.83. The summed E-state index contributed by atoms with van der Waals surface area (Å²) < 4.78 is 1.58. The van der Waals surface area contributed by atoms with Gasteiger partial charge in [0.15, 0.2) is 5.65 Å². The number of rotatable bonds is 3. The van der Waals surface area contributed by atoms with E-state index in [2.05, 4.69) is 10.1 Å². The first-order valence-electron chi connectivity index (χ1n) is 6.93. The van der Waals surface area contributed by atoms with Crippen LogP contribution in [0.5, 0.6) is 0 Å². The summed E-state index contributed by atoms with van der Waals surface area (Å²) in [6.45, 7) is 1.44. The molecule has 7 nitrogen and oxygen atoms in total. The van der Waals surface area contributed by atoms with Crippen LogP contribution < -0.4 is 0 Å². The molecule has 0 radical (unpaired) electrons. The molecule has 2 aromatic heterocycles. The maximum absolute atomic E-state index is 12.6. The van der Waals surface area contributed by atoms with Crippen molar-refractivity contribution in [3.63, 3.8) is 0 Å². The third-order valence-corrected chi connectivity index (χ3v) is 3.74. The van der Waals surface area contributed by atoms with Gasteiger partial charge in [-0.15, -0.1) is 0 Å². The molecule has 1 amide bonds. The first-order chi connectivity index (χ1) is 9.98. The molecule has 1 saturated heterocycles. The second-order valence-corrected chi connectivity index (χ2v) is 5.88. The summed E-state index contributed by atoms with van der Waals surface area (Å²) in [6.07, 6.45) is 5.52. The Morgan fingerprint density at radius 1 is 1.52 bits per heavy atom. The molecule has 112 valence electrons. The molecule has 0 aliphatic carbocycles. The van der Waals surface area contributed by atoms with Crippen molar-refractivity contribution in [1.29, 1.82) is 0 Å². The van der Waals surface area contributed by atoms with Crippen molar-refractivity contribution < 1.29 is 9.90 Å². The molecule has 0 saturated carbocycles. The molecule has 1 N–H and O–H groups in total. The van der Waals surface area contributed by atoms with Crippen LogP contribution in [0.1, 0.15) is 16.8 Å². The summed E-state index contributed by atoms with van der Waals surface area (Å²) in [6, 6.07) is 1.76. The van der Waals surface area contributed by atoms with Gasteiger partial charge >= 0.3 is 0 Å². The number of hydrogen-bond acceptors (Lipinski definition) is 5. The molecule has 1 aliphatic rings. The first kappa shape index (κ1) is 14.0. The molecule has 3 heterocycles. The molecule has 0 unspecified atom stereocenters. The summed E-state index contributed by atoms with van der Waals surface area (Å²) in [5.74, 6) is -0.126. The summed E-state index contributed by atoms with van der Waals surface area (Å²) in [5, 5.41) is 14.7. The van der Waals surface area contributed by atoms with E-state index in [0.29, 0.717) is 37.3 Å². The lowest BCUT2D eigenvalue weighted by Crippen LogP contribution is -2.43. The van der Waals surface area contributed by atoms with Crippen molar-refractivity contribution in [3.05, 3.63) is 30.2 Å². The van der Waals surface area contributed by atoms with E-state index in [9.17, 15) is 9.90 Å². The fraction of sp³-hybridized carbons (Fsp3) is 0.500. The largest absolute Gasteiger partial charge is 0.387 e. The predicted octanol–water partition coefficient (Wildman–Crippen LogP) is -0.132. The topological polar surface area (TPSA) is 74.0 Å². The Morgan fingerprint density at radius 3 is 3.10 bits per heavy atom. The van der Waals surface area contributed by atoms with Crippen LogP contribution in [0.3, 0.4) is 0 Å². The molecular formula is C14H19N5O2. The summed E-state index contributed by atoms with van der Waals surface area (Å²) in [5.41, 5.74) is 0.186. The number of carbonyl (C=O) groups excluding carboxylic acids is 1. The summed E-state index contributed by atoms with van der Waals surface area (Å²) in [4.78, 5) is 20.4. The number of carbonyl (C=O) groups is 1. The minimum atomic E-state index is -0.838. The normalized spacial score (nSPS) is 22.4. The molecule has 3 rings (SSSR count). The Hall–Kier alpha value is -1.99. The SMILES string of the molecule is CN(C)C[C@@]1(O)CCN(C(=O)c2cnn3cccnc23)C1. The third kappa shape index (κ3) is 2.62. The predicted molar refractivity (Wildman–Crippen MR) is 77.0 cm³/mol. The van der Waals surface area contributed by atoms with Gasteiger partial charge in [0.05, 0.1) is 18.3 Å². The van der Waals surface area contributed by atoms with Crippen LogP contribution in [0.25, 0.3) is 5.65 Å². The van der Waals surface area contributed by atoms with Crippen LogP contribution in [0.4, 0.5) is 0 Å². The molecule has 21 heavy (non-hydrogen) atoms. The minimum Gasteiger partial charge on any atom is -0.387 e. The van der Waals surface area contributed by atoms with Crippen LogP contribution in [-0.2, 0) is 0 Å². The Labute approximate surface area is 122 Å². The smallest absolute Gasteiger partial charge is 0.259 e. The van der Waals surface area contributed by atoms with E-state index in [1.807, 2.05) is 19.0 Å². The van der Waals surface area contributed by atoms with E-state index in [4.69, 9.17) is 0 Å². The van der Waals surface area contributed by atoms with Crippen molar-refractivity contribution in [1.82, 2.24) is 24.4 Å². The third-order valence-electron chi connectivity index (χ3n) is 3.74. The van der Waals surface area contributed by atoms with Crippen molar-refractivity contribution in [3.8, 4) is 0 Å². The lowest BCUT2D eigenvalue weighted by molar-refractivity contribution is 0.0236. The van der Waals surface area contributed by atoms with Gasteiger partial charge in [-0.25, -0.2) is 9.50 Å². The van der Waals surface area contributed by atoms with E-state index < -0.39 is 5.60 Å². The van der Waals surface area contributed by atoms with Crippen LogP contribution >= 0.6 is 0 Å². The quantitative estimate of drug-likeness (QED) is 0.852. The number of nitrogens with zero attached hydrogens (tertiary/aromatic N) is 5. The van der Waals surface area contributed by atoms with Gasteiger partial charge in [-0.3, -0.25) is 4.79 Å². The highest BCUT2D eigenvalue weighted by molar-refractivity contribution is 5.99. The highest BCUT2D eigenvalue weighted by Gasteiger charge is 2.39. The Bertz CT molecular complexity index is 668. The molecule has 1 atom stereocenters. The number of likely N-dealkylation sites (N-methyl/N-ethyl adjacent to an activating group) is 1. The molecule has 0 spiro atoms. The van der Waals surface area contributed by atoms with Crippen LogP contribution in [0.2, 0.25) is 0 Å². The molecule has 1 fully saturated rings. The van der Waals surface area contributed by atoms with Gasteiger partial charge in [0.25, 0.3) is 5.91 Å². The molecule has 1 aliphatic heterocycles. The number of aromatic nitrogens is 3. The fourth-order valence-electron chi connectivity index (χ4n) is 2.90. The highest BCUT2D eigenvalue weighted by Crippen LogP contribution is 2.24. The fourth-order valence-corrected chi connectivity index (χ4v) is 2.90. The molecule has 7 heteroatoms. The van der Waals surface area contributed by atoms with E-state index in [0.717, 1.165) is 0 Å². The number of β-amino-alcohol motifs (C(OH)–C–C–N with tert-alkyl or cyclic N) is 1. The number of hydrogen-bond donors (Lipinski definition) is 1. The zero-order valence-corrected chi connectivity index (χ0v) is 12.2. The zero-order valence-electron chi connectivity index (χ0n) is 12.2. The Morgan fingerprint density at radius 2 is 2.33 bits per heavy atom. The Balaban J connectivity index is 1.81. The lowest BCUT2D eigenvalue weighted by Gasteiger charge is -2.26. The highest BCUT2D eigenvalue weighted by atomic mass is 16.3. The van der Waals surface area contributed by atoms with E-state index in [-0.39, 0.29) is 5.91 Å². The van der Waals surface area contributed by atoms with Crippen molar-refractivity contribution in [2.24, 2.45) is 0 Å². The maximum atomic E-state index is 12.6. The van der Waals surface area contributed by atoms with Gasteiger partial charge in [0, 0.05) is 25.5 Å².